The Bertz CT molecular complexity index is 2410. The molecule has 0 atom stereocenters. The number of benzene rings is 7. The van der Waals surface area contributed by atoms with Gasteiger partial charge in [0.2, 0.25) is 0 Å². The third kappa shape index (κ3) is 4.41. The van der Waals surface area contributed by atoms with Crippen molar-refractivity contribution in [2.75, 3.05) is 0 Å². The molecule has 0 fully saturated rings. The molecule has 0 aliphatic heterocycles. The van der Waals surface area contributed by atoms with Gasteiger partial charge in [-0.25, -0.2) is 4.98 Å². The van der Waals surface area contributed by atoms with E-state index in [1.54, 1.807) is 11.3 Å². The Morgan fingerprint density at radius 2 is 0.978 bits per heavy atom. The Morgan fingerprint density at radius 3 is 1.70 bits per heavy atom. The van der Waals surface area contributed by atoms with Crippen LogP contribution in [-0.2, 0) is 5.41 Å². The molecule has 0 amide bonds. The normalized spacial score (nSPS) is 13.2. The van der Waals surface area contributed by atoms with Crippen molar-refractivity contribution in [2.24, 2.45) is 0 Å². The van der Waals surface area contributed by atoms with Gasteiger partial charge in [-0.15, -0.1) is 11.3 Å². The first-order valence-electron chi connectivity index (χ1n) is 15.9. The van der Waals surface area contributed by atoms with Crippen LogP contribution in [0.1, 0.15) is 25.0 Å². The zero-order valence-electron chi connectivity index (χ0n) is 25.8. The lowest BCUT2D eigenvalue weighted by Crippen LogP contribution is -2.15. The topological polar surface area (TPSA) is 12.9 Å². The predicted octanol–water partition coefficient (Wildman–Crippen LogP) is 12.4. The third-order valence-corrected chi connectivity index (χ3v) is 10.8. The lowest BCUT2D eigenvalue weighted by atomic mass is 9.80. The van der Waals surface area contributed by atoms with Gasteiger partial charge in [0.1, 0.15) is 5.01 Å². The average Bonchev–Trinajstić information content (AvgIpc) is 3.64. The van der Waals surface area contributed by atoms with Crippen molar-refractivity contribution in [3.05, 3.63) is 163 Å². The van der Waals surface area contributed by atoms with E-state index < -0.39 is 0 Å². The lowest BCUT2D eigenvalue weighted by molar-refractivity contribution is 0.661. The molecule has 0 N–H and O–H groups in total. The molecule has 2 heteroatoms. The van der Waals surface area contributed by atoms with Crippen LogP contribution in [0.3, 0.4) is 0 Å². The quantitative estimate of drug-likeness (QED) is 0.194. The molecule has 1 aliphatic rings. The Morgan fingerprint density at radius 1 is 0.435 bits per heavy atom. The molecule has 7 aromatic carbocycles. The zero-order valence-corrected chi connectivity index (χ0v) is 26.6. The Kier molecular flexibility index (Phi) is 6.10. The van der Waals surface area contributed by atoms with E-state index in [0.29, 0.717) is 0 Å². The SMILES string of the molecule is CC1(C)c2cc(-c3ccc(-c4nc5ccccc5s4)cc3)ccc2-c2ccc(-c3cccc(-c4ccc5ccccc5c4)c3)cc21. The molecule has 0 spiro atoms. The van der Waals surface area contributed by atoms with Crippen molar-refractivity contribution in [1.82, 2.24) is 4.98 Å². The minimum Gasteiger partial charge on any atom is -0.236 e. The Balaban J connectivity index is 1.03. The second-order valence-electron chi connectivity index (χ2n) is 12.9. The van der Waals surface area contributed by atoms with Crippen molar-refractivity contribution in [1.29, 1.82) is 0 Å². The Hall–Kier alpha value is -5.31. The summed E-state index contributed by atoms with van der Waals surface area (Å²) in [5.74, 6) is 0. The molecular weight excluding hydrogens is 575 g/mol. The van der Waals surface area contributed by atoms with E-state index in [2.05, 4.69) is 159 Å². The molecule has 1 nitrogen and oxygen atoms in total. The molecule has 46 heavy (non-hydrogen) atoms. The molecule has 0 saturated carbocycles. The summed E-state index contributed by atoms with van der Waals surface area (Å²) in [6.07, 6.45) is 0. The van der Waals surface area contributed by atoms with Gasteiger partial charge in [-0.1, -0.05) is 129 Å². The number of hydrogen-bond acceptors (Lipinski definition) is 2. The summed E-state index contributed by atoms with van der Waals surface area (Å²) in [7, 11) is 0. The minimum atomic E-state index is -0.104. The number of rotatable bonds is 4. The van der Waals surface area contributed by atoms with Crippen molar-refractivity contribution in [2.45, 2.75) is 19.3 Å². The fourth-order valence-electron chi connectivity index (χ4n) is 7.14. The highest BCUT2D eigenvalue weighted by atomic mass is 32.1. The van der Waals surface area contributed by atoms with Gasteiger partial charge in [0.15, 0.2) is 0 Å². The first-order valence-corrected chi connectivity index (χ1v) is 16.7. The van der Waals surface area contributed by atoms with Crippen LogP contribution >= 0.6 is 11.3 Å². The zero-order chi connectivity index (χ0) is 30.8. The molecule has 0 unspecified atom stereocenters. The number of nitrogens with zero attached hydrogens (tertiary/aromatic N) is 1. The maximum atomic E-state index is 4.85. The maximum Gasteiger partial charge on any atom is 0.124 e. The third-order valence-electron chi connectivity index (χ3n) is 9.71. The molecule has 218 valence electrons. The van der Waals surface area contributed by atoms with Crippen LogP contribution in [-0.4, -0.2) is 4.98 Å². The Labute approximate surface area is 273 Å². The standard InChI is InChI=1S/C44H31NS/c1-44(2)39-26-35(29-14-17-30(18-15-29)43-45-41-12-5-6-13-42(41)46-43)20-22-37(39)38-23-21-36(27-40(38)44)33-11-7-10-32(25-33)34-19-16-28-8-3-4-9-31(28)24-34/h3-27H,1-2H3. The first kappa shape index (κ1) is 27.0. The lowest BCUT2D eigenvalue weighted by Gasteiger charge is -2.22. The van der Waals surface area contributed by atoms with E-state index in [1.807, 2.05) is 6.07 Å². The van der Waals surface area contributed by atoms with Crippen molar-refractivity contribution in [3.8, 4) is 55.1 Å². The van der Waals surface area contributed by atoms with Crippen LogP contribution in [0.2, 0.25) is 0 Å². The van der Waals surface area contributed by atoms with E-state index >= 15 is 0 Å². The molecule has 0 saturated heterocycles. The molecule has 1 aromatic heterocycles. The number of thiazole rings is 1. The summed E-state index contributed by atoms with van der Waals surface area (Å²) in [4.78, 5) is 4.85. The second-order valence-corrected chi connectivity index (χ2v) is 13.9. The maximum absolute atomic E-state index is 4.85. The van der Waals surface area contributed by atoms with Crippen LogP contribution < -0.4 is 0 Å². The highest BCUT2D eigenvalue weighted by Crippen LogP contribution is 2.50. The second kappa shape index (κ2) is 10.4. The summed E-state index contributed by atoms with van der Waals surface area (Å²) < 4.78 is 1.22. The highest BCUT2D eigenvalue weighted by molar-refractivity contribution is 7.21. The summed E-state index contributed by atoms with van der Waals surface area (Å²) in [6.45, 7) is 4.74. The van der Waals surface area contributed by atoms with Crippen LogP contribution in [0.4, 0.5) is 0 Å². The van der Waals surface area contributed by atoms with Crippen molar-refractivity contribution < 1.29 is 0 Å². The summed E-state index contributed by atoms with van der Waals surface area (Å²) in [5, 5.41) is 3.61. The van der Waals surface area contributed by atoms with E-state index in [9.17, 15) is 0 Å². The summed E-state index contributed by atoms with van der Waals surface area (Å²) in [6, 6.07) is 55.5. The van der Waals surface area contributed by atoms with Gasteiger partial charge < -0.3 is 0 Å². The largest absolute Gasteiger partial charge is 0.236 e. The molecule has 1 aliphatic carbocycles. The first-order chi connectivity index (χ1) is 22.5. The number of fused-ring (bicyclic) bond motifs is 5. The van der Waals surface area contributed by atoms with E-state index in [1.165, 1.54) is 71.1 Å². The van der Waals surface area contributed by atoms with Gasteiger partial charge in [0.05, 0.1) is 10.2 Å². The van der Waals surface area contributed by atoms with E-state index in [-0.39, 0.29) is 5.41 Å². The van der Waals surface area contributed by atoms with Gasteiger partial charge in [-0.05, 0) is 103 Å². The molecule has 9 rings (SSSR count). The number of hydrogen-bond donors (Lipinski definition) is 0. The monoisotopic (exact) mass is 605 g/mol. The van der Waals surface area contributed by atoms with Gasteiger partial charge in [0, 0.05) is 11.0 Å². The van der Waals surface area contributed by atoms with Crippen molar-refractivity contribution >= 4 is 32.3 Å². The fourth-order valence-corrected chi connectivity index (χ4v) is 8.12. The van der Waals surface area contributed by atoms with Gasteiger partial charge in [0.25, 0.3) is 0 Å². The number of para-hydroxylation sites is 1. The molecule has 1 heterocycles. The summed E-state index contributed by atoms with van der Waals surface area (Å²) >= 11 is 1.75. The van der Waals surface area contributed by atoms with Crippen LogP contribution in [0.5, 0.6) is 0 Å². The highest BCUT2D eigenvalue weighted by Gasteiger charge is 2.35. The summed E-state index contributed by atoms with van der Waals surface area (Å²) in [5.41, 5.74) is 15.0. The fraction of sp³-hybridized carbons (Fsp3) is 0.0682. The minimum absolute atomic E-state index is 0.104. The van der Waals surface area contributed by atoms with Gasteiger partial charge in [-0.2, -0.15) is 0 Å². The average molecular weight is 606 g/mol. The van der Waals surface area contributed by atoms with Crippen molar-refractivity contribution in [3.63, 3.8) is 0 Å². The van der Waals surface area contributed by atoms with E-state index in [0.717, 1.165) is 16.1 Å². The van der Waals surface area contributed by atoms with Crippen LogP contribution in [0, 0.1) is 0 Å². The smallest absolute Gasteiger partial charge is 0.124 e. The molecule has 8 aromatic rings. The van der Waals surface area contributed by atoms with Crippen LogP contribution in [0.15, 0.2) is 152 Å². The van der Waals surface area contributed by atoms with Gasteiger partial charge in [-0.3, -0.25) is 0 Å². The van der Waals surface area contributed by atoms with E-state index in [4.69, 9.17) is 4.98 Å². The van der Waals surface area contributed by atoms with Crippen LogP contribution in [0.25, 0.3) is 76.1 Å². The van der Waals surface area contributed by atoms with Gasteiger partial charge >= 0.3 is 0 Å². The number of aromatic nitrogens is 1. The molecule has 0 bridgehead atoms. The molecule has 0 radical (unpaired) electrons. The molecular formula is C44H31NS. The predicted molar refractivity (Wildman–Crippen MR) is 196 cm³/mol.